The number of halogens is 1. The van der Waals surface area contributed by atoms with Gasteiger partial charge in [-0.1, -0.05) is 40.2 Å². The highest BCUT2D eigenvalue weighted by Gasteiger charge is 2.22. The van der Waals surface area contributed by atoms with Gasteiger partial charge in [0.15, 0.2) is 0 Å². The molecule has 0 amide bonds. The summed E-state index contributed by atoms with van der Waals surface area (Å²) in [6.45, 7) is 10.3. The van der Waals surface area contributed by atoms with Crippen LogP contribution in [0.2, 0.25) is 0 Å². The minimum atomic E-state index is 0.788. The predicted molar refractivity (Wildman–Crippen MR) is 105 cm³/mol. The van der Waals surface area contributed by atoms with Crippen LogP contribution in [0, 0.1) is 18.3 Å². The Hall–Kier alpha value is -2.05. The van der Waals surface area contributed by atoms with E-state index in [9.17, 15) is 5.26 Å². The van der Waals surface area contributed by atoms with E-state index in [1.54, 1.807) is 0 Å². The van der Waals surface area contributed by atoms with Crippen LogP contribution in [0.1, 0.15) is 36.5 Å². The Morgan fingerprint density at radius 3 is 2.38 bits per heavy atom. The lowest BCUT2D eigenvalue weighted by atomic mass is 9.88. The summed E-state index contributed by atoms with van der Waals surface area (Å²) in [7, 11) is 0. The van der Waals surface area contributed by atoms with Crippen molar-refractivity contribution >= 4 is 27.2 Å². The fraction of sp³-hybridized carbons (Fsp3) is 0.286. The molecule has 0 aliphatic carbocycles. The zero-order chi connectivity index (χ0) is 17.3. The Labute approximate surface area is 152 Å². The lowest BCUT2D eigenvalue weighted by Gasteiger charge is -2.24. The molecule has 0 N–H and O–H groups in total. The first kappa shape index (κ1) is 16.8. The quantitative estimate of drug-likeness (QED) is 0.659. The summed E-state index contributed by atoms with van der Waals surface area (Å²) in [4.78, 5) is 2.34. The summed E-state index contributed by atoms with van der Waals surface area (Å²) in [6, 6.07) is 13.0. The van der Waals surface area contributed by atoms with Crippen molar-refractivity contribution < 1.29 is 0 Å². The van der Waals surface area contributed by atoms with Gasteiger partial charge in [0.25, 0.3) is 0 Å². The fourth-order valence-electron chi connectivity index (χ4n) is 3.56. The van der Waals surface area contributed by atoms with Gasteiger partial charge >= 0.3 is 0 Å². The average Bonchev–Trinajstić information content (AvgIpc) is 3.08. The Morgan fingerprint density at radius 1 is 1.21 bits per heavy atom. The topological polar surface area (TPSA) is 27.0 Å². The average molecular weight is 381 g/mol. The van der Waals surface area contributed by atoms with Crippen molar-refractivity contribution in [2.75, 3.05) is 18.0 Å². The van der Waals surface area contributed by atoms with E-state index in [1.807, 2.05) is 13.8 Å². The van der Waals surface area contributed by atoms with Gasteiger partial charge in [0, 0.05) is 17.6 Å². The molecule has 3 rings (SSSR count). The van der Waals surface area contributed by atoms with Crippen molar-refractivity contribution in [2.45, 2.75) is 26.7 Å². The third-order valence-electron chi connectivity index (χ3n) is 4.70. The number of rotatable bonds is 3. The molecule has 2 aromatic carbocycles. The van der Waals surface area contributed by atoms with Gasteiger partial charge < -0.3 is 4.90 Å². The monoisotopic (exact) mass is 380 g/mol. The van der Waals surface area contributed by atoms with Gasteiger partial charge in [0.2, 0.25) is 0 Å². The zero-order valence-corrected chi connectivity index (χ0v) is 15.8. The fourth-order valence-corrected chi connectivity index (χ4v) is 3.82. The number of anilines is 1. The lowest BCUT2D eigenvalue weighted by molar-refractivity contribution is 0.949. The van der Waals surface area contributed by atoms with E-state index in [-0.39, 0.29) is 0 Å². The highest BCUT2D eigenvalue weighted by atomic mass is 79.9. The third-order valence-corrected chi connectivity index (χ3v) is 5.23. The van der Waals surface area contributed by atoms with Gasteiger partial charge in [-0.25, -0.2) is 0 Å². The van der Waals surface area contributed by atoms with E-state index in [0.717, 1.165) is 56.6 Å². The molecular formula is C21H21BrN2. The summed E-state index contributed by atoms with van der Waals surface area (Å²) in [5.74, 6) is 0. The molecular weight excluding hydrogens is 360 g/mol. The van der Waals surface area contributed by atoms with Crippen LogP contribution in [-0.2, 0) is 0 Å². The van der Waals surface area contributed by atoms with Gasteiger partial charge in [0.05, 0.1) is 11.3 Å². The smallest absolute Gasteiger partial charge is 0.102 e. The van der Waals surface area contributed by atoms with Crippen LogP contribution < -0.4 is 4.90 Å². The van der Waals surface area contributed by atoms with E-state index in [4.69, 9.17) is 0 Å². The van der Waals surface area contributed by atoms with Crippen LogP contribution in [0.4, 0.5) is 5.69 Å². The maximum atomic E-state index is 9.75. The Balaban J connectivity index is 2.28. The van der Waals surface area contributed by atoms with Crippen LogP contribution in [0.25, 0.3) is 16.7 Å². The standard InChI is InChI=1S/C21H21BrN2/c1-14(2)21-15(3)19(13-23)20(24-10-4-5-11-24)12-18(21)16-6-8-17(22)9-7-16/h6-9,12H,1,4-5,10-11H2,2-3H3. The lowest BCUT2D eigenvalue weighted by Crippen LogP contribution is -2.19. The molecule has 1 aliphatic heterocycles. The second-order valence-corrected chi connectivity index (χ2v) is 7.33. The highest BCUT2D eigenvalue weighted by molar-refractivity contribution is 9.10. The number of hydrogen-bond donors (Lipinski definition) is 0. The maximum absolute atomic E-state index is 9.75. The largest absolute Gasteiger partial charge is 0.370 e. The first-order chi connectivity index (χ1) is 11.5. The van der Waals surface area contributed by atoms with E-state index in [0.29, 0.717) is 0 Å². The second-order valence-electron chi connectivity index (χ2n) is 6.41. The Morgan fingerprint density at radius 2 is 1.83 bits per heavy atom. The molecule has 0 spiro atoms. The zero-order valence-electron chi connectivity index (χ0n) is 14.2. The van der Waals surface area contributed by atoms with Crippen LogP contribution in [-0.4, -0.2) is 13.1 Å². The highest BCUT2D eigenvalue weighted by Crippen LogP contribution is 2.39. The molecule has 0 aromatic heterocycles. The van der Waals surface area contributed by atoms with Crippen molar-refractivity contribution in [3.05, 3.63) is 58.1 Å². The first-order valence-electron chi connectivity index (χ1n) is 8.27. The van der Waals surface area contributed by atoms with E-state index >= 15 is 0 Å². The minimum absolute atomic E-state index is 0.788. The van der Waals surface area contributed by atoms with Crippen LogP contribution in [0.5, 0.6) is 0 Å². The first-order valence-corrected chi connectivity index (χ1v) is 9.06. The normalized spacial score (nSPS) is 13.8. The number of allylic oxidation sites excluding steroid dienone is 1. The molecule has 1 heterocycles. The van der Waals surface area contributed by atoms with Crippen molar-refractivity contribution in [3.8, 4) is 17.2 Å². The molecule has 122 valence electrons. The van der Waals surface area contributed by atoms with E-state index in [2.05, 4.69) is 63.8 Å². The molecule has 3 heteroatoms. The molecule has 0 unspecified atom stereocenters. The molecule has 1 saturated heterocycles. The van der Waals surface area contributed by atoms with Crippen molar-refractivity contribution in [1.29, 1.82) is 5.26 Å². The molecule has 1 fully saturated rings. The number of nitriles is 1. The summed E-state index contributed by atoms with van der Waals surface area (Å²) < 4.78 is 1.06. The summed E-state index contributed by atoms with van der Waals surface area (Å²) in [5.41, 5.74) is 7.29. The second kappa shape index (κ2) is 6.83. The third kappa shape index (κ3) is 2.99. The SMILES string of the molecule is C=C(C)c1c(-c2ccc(Br)cc2)cc(N2CCCC2)c(C#N)c1C. The van der Waals surface area contributed by atoms with Crippen LogP contribution in [0.15, 0.2) is 41.4 Å². The van der Waals surface area contributed by atoms with Crippen LogP contribution >= 0.6 is 15.9 Å². The molecule has 0 atom stereocenters. The molecule has 0 saturated carbocycles. The molecule has 1 aliphatic rings. The van der Waals surface area contributed by atoms with Crippen molar-refractivity contribution in [1.82, 2.24) is 0 Å². The summed E-state index contributed by atoms with van der Waals surface area (Å²) >= 11 is 3.50. The van der Waals surface area contributed by atoms with Gasteiger partial charge in [-0.3, -0.25) is 0 Å². The summed E-state index contributed by atoms with van der Waals surface area (Å²) in [5, 5.41) is 9.75. The molecule has 24 heavy (non-hydrogen) atoms. The molecule has 2 nitrogen and oxygen atoms in total. The maximum Gasteiger partial charge on any atom is 0.102 e. The number of benzene rings is 2. The molecule has 2 aromatic rings. The number of nitrogens with zero attached hydrogens (tertiary/aromatic N) is 2. The Kier molecular flexibility index (Phi) is 4.78. The molecule has 0 radical (unpaired) electrons. The van der Waals surface area contributed by atoms with Crippen LogP contribution in [0.3, 0.4) is 0 Å². The summed E-state index contributed by atoms with van der Waals surface area (Å²) in [6.07, 6.45) is 2.39. The number of hydrogen-bond acceptors (Lipinski definition) is 2. The van der Waals surface area contributed by atoms with Crippen molar-refractivity contribution in [3.63, 3.8) is 0 Å². The van der Waals surface area contributed by atoms with Crippen molar-refractivity contribution in [2.24, 2.45) is 0 Å². The van der Waals surface area contributed by atoms with E-state index < -0.39 is 0 Å². The minimum Gasteiger partial charge on any atom is -0.370 e. The Bertz CT molecular complexity index is 822. The van der Waals surface area contributed by atoms with Gasteiger partial charge in [0.1, 0.15) is 6.07 Å². The van der Waals surface area contributed by atoms with Gasteiger partial charge in [-0.15, -0.1) is 0 Å². The molecule has 0 bridgehead atoms. The van der Waals surface area contributed by atoms with Gasteiger partial charge in [-0.05, 0) is 67.1 Å². The predicted octanol–water partition coefficient (Wildman–Crippen LogP) is 5.93. The van der Waals surface area contributed by atoms with E-state index in [1.165, 1.54) is 12.8 Å². The van der Waals surface area contributed by atoms with Gasteiger partial charge in [-0.2, -0.15) is 5.26 Å².